The fourth-order valence-electron chi connectivity index (χ4n) is 11.6. The molecule has 484 valence electrons. The number of rotatable bonds is 70. The van der Waals surface area contributed by atoms with Crippen molar-refractivity contribution in [1.29, 1.82) is 0 Å². The van der Waals surface area contributed by atoms with E-state index >= 15 is 0 Å². The highest BCUT2D eigenvalue weighted by molar-refractivity contribution is 5.71. The van der Waals surface area contributed by atoms with Crippen molar-refractivity contribution in [1.82, 2.24) is 0 Å². The quantitative estimate of drug-likeness (QED) is 0.0261. The standard InChI is InChI=1S/C76H144O6/c1-4-7-10-13-16-19-21-23-25-27-29-31-33-34-35-36-37-38-39-40-41-43-44-46-48-50-52-54-57-60-63-66-69-75(78)81-72-73(71-80-74(77)68-65-62-59-56-18-15-12-9-6-3)82-76(79)70-67-64-61-58-55-53-51-49-47-45-42-32-30-28-26-24-22-20-17-14-11-8-5-2/h22,24,28,30,73H,4-21,23,25-27,29,31-72H2,1-3H3/b24-22-,30-28-. The average Bonchev–Trinajstić information content (AvgIpc) is 3.48. The van der Waals surface area contributed by atoms with Crippen molar-refractivity contribution in [2.75, 3.05) is 13.2 Å². The second-order valence-corrected chi connectivity index (χ2v) is 25.6. The maximum atomic E-state index is 12.9. The van der Waals surface area contributed by atoms with Gasteiger partial charge in [-0.3, -0.25) is 14.4 Å². The van der Waals surface area contributed by atoms with Gasteiger partial charge in [-0.05, 0) is 51.4 Å². The minimum atomic E-state index is -0.768. The van der Waals surface area contributed by atoms with Crippen molar-refractivity contribution in [2.45, 2.75) is 431 Å². The van der Waals surface area contributed by atoms with Crippen molar-refractivity contribution in [3.63, 3.8) is 0 Å². The summed E-state index contributed by atoms with van der Waals surface area (Å²) in [6, 6.07) is 0. The lowest BCUT2D eigenvalue weighted by Crippen LogP contribution is -2.30. The predicted molar refractivity (Wildman–Crippen MR) is 358 cm³/mol. The SMILES string of the molecule is CCCCCCC/C=C\C/C=C\CCCCCCCCCCCCCC(=O)OC(COC(=O)CCCCCCCCCCC)COC(=O)CCCCCCCCCCCCCCCCCCCCCCCCCCCCCCCCCC. The van der Waals surface area contributed by atoms with Crippen LogP contribution in [0.3, 0.4) is 0 Å². The predicted octanol–water partition coefficient (Wildman–Crippen LogP) is 25.7. The van der Waals surface area contributed by atoms with Gasteiger partial charge in [0.2, 0.25) is 0 Å². The van der Waals surface area contributed by atoms with Gasteiger partial charge in [0.15, 0.2) is 6.10 Å². The Hall–Kier alpha value is -2.11. The molecule has 0 heterocycles. The van der Waals surface area contributed by atoms with Crippen molar-refractivity contribution >= 4 is 17.9 Å². The molecule has 0 bridgehead atoms. The Morgan fingerprint density at radius 2 is 0.439 bits per heavy atom. The summed E-state index contributed by atoms with van der Waals surface area (Å²) in [4.78, 5) is 38.3. The molecule has 0 spiro atoms. The molecule has 0 radical (unpaired) electrons. The maximum Gasteiger partial charge on any atom is 0.306 e. The average molecular weight is 1150 g/mol. The first-order chi connectivity index (χ1) is 40.5. The number of unbranched alkanes of at least 4 members (excludes halogenated alkanes) is 55. The van der Waals surface area contributed by atoms with Gasteiger partial charge in [-0.25, -0.2) is 0 Å². The molecule has 6 heteroatoms. The van der Waals surface area contributed by atoms with Crippen molar-refractivity contribution in [3.8, 4) is 0 Å². The van der Waals surface area contributed by atoms with Crippen LogP contribution in [0.5, 0.6) is 0 Å². The molecule has 0 aromatic rings. The van der Waals surface area contributed by atoms with E-state index in [0.29, 0.717) is 19.3 Å². The molecule has 0 aliphatic rings. The van der Waals surface area contributed by atoms with Crippen LogP contribution in [0.25, 0.3) is 0 Å². The number of ether oxygens (including phenoxy) is 3. The summed E-state index contributed by atoms with van der Waals surface area (Å²) in [6.07, 6.45) is 88.2. The highest BCUT2D eigenvalue weighted by atomic mass is 16.6. The summed E-state index contributed by atoms with van der Waals surface area (Å²) in [6.45, 7) is 6.69. The zero-order chi connectivity index (χ0) is 59.2. The van der Waals surface area contributed by atoms with E-state index in [9.17, 15) is 14.4 Å². The summed E-state index contributed by atoms with van der Waals surface area (Å²) in [5, 5.41) is 0. The first-order valence-electron chi connectivity index (χ1n) is 37.3. The van der Waals surface area contributed by atoms with E-state index in [1.807, 2.05) is 0 Å². The van der Waals surface area contributed by atoms with Crippen LogP contribution in [-0.2, 0) is 28.6 Å². The van der Waals surface area contributed by atoms with Crippen LogP contribution in [0, 0.1) is 0 Å². The number of allylic oxidation sites excluding steroid dienone is 4. The van der Waals surface area contributed by atoms with Gasteiger partial charge in [0.1, 0.15) is 13.2 Å². The molecule has 1 atom stereocenters. The van der Waals surface area contributed by atoms with E-state index in [4.69, 9.17) is 14.2 Å². The Balaban J connectivity index is 4.03. The summed E-state index contributed by atoms with van der Waals surface area (Å²) in [7, 11) is 0. The molecule has 6 nitrogen and oxygen atoms in total. The molecule has 0 aromatic heterocycles. The van der Waals surface area contributed by atoms with Crippen molar-refractivity contribution in [3.05, 3.63) is 24.3 Å². The summed E-state index contributed by atoms with van der Waals surface area (Å²) in [5.74, 6) is -0.840. The van der Waals surface area contributed by atoms with Crippen molar-refractivity contribution < 1.29 is 28.6 Å². The third-order valence-electron chi connectivity index (χ3n) is 17.2. The van der Waals surface area contributed by atoms with Crippen LogP contribution in [0.1, 0.15) is 425 Å². The molecule has 1 unspecified atom stereocenters. The van der Waals surface area contributed by atoms with Gasteiger partial charge in [0.25, 0.3) is 0 Å². The minimum Gasteiger partial charge on any atom is -0.462 e. The molecule has 0 aliphatic carbocycles. The fourth-order valence-corrected chi connectivity index (χ4v) is 11.6. The molecule has 0 amide bonds. The summed E-state index contributed by atoms with van der Waals surface area (Å²) < 4.78 is 17.0. The molecule has 0 aliphatic heterocycles. The van der Waals surface area contributed by atoms with Gasteiger partial charge in [-0.1, -0.05) is 379 Å². The minimum absolute atomic E-state index is 0.0657. The number of esters is 3. The van der Waals surface area contributed by atoms with Crippen molar-refractivity contribution in [2.24, 2.45) is 0 Å². The van der Waals surface area contributed by atoms with Crippen LogP contribution >= 0.6 is 0 Å². The molecule has 82 heavy (non-hydrogen) atoms. The first kappa shape index (κ1) is 79.9. The van der Waals surface area contributed by atoms with Gasteiger partial charge in [0, 0.05) is 19.3 Å². The monoisotopic (exact) mass is 1150 g/mol. The molecular formula is C76H144O6. The Morgan fingerprint density at radius 3 is 0.671 bits per heavy atom. The molecule has 0 N–H and O–H groups in total. The van der Waals surface area contributed by atoms with E-state index in [0.717, 1.165) is 64.2 Å². The van der Waals surface area contributed by atoms with E-state index < -0.39 is 6.10 Å². The summed E-state index contributed by atoms with van der Waals surface area (Å²) >= 11 is 0. The largest absolute Gasteiger partial charge is 0.462 e. The van der Waals surface area contributed by atoms with E-state index in [-0.39, 0.29) is 31.1 Å². The molecule has 0 saturated carbocycles. The Bertz CT molecular complexity index is 1320. The lowest BCUT2D eigenvalue weighted by atomic mass is 10.0. The molecular weight excluding hydrogens is 1010 g/mol. The lowest BCUT2D eigenvalue weighted by Gasteiger charge is -2.18. The van der Waals surface area contributed by atoms with E-state index in [1.54, 1.807) is 0 Å². The first-order valence-corrected chi connectivity index (χ1v) is 37.3. The maximum absolute atomic E-state index is 12.9. The van der Waals surface area contributed by atoms with Gasteiger partial charge in [-0.15, -0.1) is 0 Å². The topological polar surface area (TPSA) is 78.9 Å². The second-order valence-electron chi connectivity index (χ2n) is 25.6. The third kappa shape index (κ3) is 68.7. The number of carbonyl (C=O) groups excluding carboxylic acids is 3. The van der Waals surface area contributed by atoms with Gasteiger partial charge < -0.3 is 14.2 Å². The van der Waals surface area contributed by atoms with Crippen LogP contribution < -0.4 is 0 Å². The molecule has 0 saturated heterocycles. The van der Waals surface area contributed by atoms with E-state index in [1.165, 1.54) is 321 Å². The molecule has 0 fully saturated rings. The zero-order valence-electron chi connectivity index (χ0n) is 55.8. The lowest BCUT2D eigenvalue weighted by molar-refractivity contribution is -0.167. The van der Waals surface area contributed by atoms with Gasteiger partial charge >= 0.3 is 17.9 Å². The third-order valence-corrected chi connectivity index (χ3v) is 17.2. The number of carbonyl (C=O) groups is 3. The fraction of sp³-hybridized carbons (Fsp3) is 0.908. The second kappa shape index (κ2) is 71.4. The number of hydrogen-bond acceptors (Lipinski definition) is 6. The van der Waals surface area contributed by atoms with Crippen LogP contribution in [-0.4, -0.2) is 37.2 Å². The number of hydrogen-bond donors (Lipinski definition) is 0. The molecule has 0 rings (SSSR count). The van der Waals surface area contributed by atoms with Crippen LogP contribution in [0.4, 0.5) is 0 Å². The smallest absolute Gasteiger partial charge is 0.306 e. The Kier molecular flexibility index (Phi) is 69.5. The highest BCUT2D eigenvalue weighted by Crippen LogP contribution is 2.19. The Labute approximate surface area is 513 Å². The summed E-state index contributed by atoms with van der Waals surface area (Å²) in [5.41, 5.74) is 0. The van der Waals surface area contributed by atoms with Crippen LogP contribution in [0.2, 0.25) is 0 Å². The zero-order valence-corrected chi connectivity index (χ0v) is 55.8. The van der Waals surface area contributed by atoms with Crippen LogP contribution in [0.15, 0.2) is 24.3 Å². The normalized spacial score (nSPS) is 12.1. The van der Waals surface area contributed by atoms with Gasteiger partial charge in [0.05, 0.1) is 0 Å². The van der Waals surface area contributed by atoms with E-state index in [2.05, 4.69) is 45.1 Å². The van der Waals surface area contributed by atoms with Gasteiger partial charge in [-0.2, -0.15) is 0 Å². The molecule has 0 aromatic carbocycles. The Morgan fingerprint density at radius 1 is 0.244 bits per heavy atom. The highest BCUT2D eigenvalue weighted by Gasteiger charge is 2.20.